The highest BCUT2D eigenvalue weighted by Gasteiger charge is 2.37. The molecule has 20 heavy (non-hydrogen) atoms. The Morgan fingerprint density at radius 2 is 2.10 bits per heavy atom. The molecule has 0 aromatic carbocycles. The summed E-state index contributed by atoms with van der Waals surface area (Å²) in [5, 5.41) is 6.37. The van der Waals surface area contributed by atoms with Gasteiger partial charge >= 0.3 is 6.09 Å². The molecule has 1 unspecified atom stereocenters. The molecule has 2 heterocycles. The van der Waals surface area contributed by atoms with Crippen LogP contribution in [0.2, 0.25) is 0 Å². The standard InChI is InChI=1S/C14H25N3O3/c1-3-20-13(19)17-8-4-11(5-9-17)16-12(18)14(2)6-7-15-10-14/h11,15H,3-10H2,1-2H3,(H,16,18). The molecular formula is C14H25N3O3. The number of carbonyl (C=O) groups is 2. The third-order valence-electron chi connectivity index (χ3n) is 4.27. The summed E-state index contributed by atoms with van der Waals surface area (Å²) in [6.45, 7) is 7.18. The minimum atomic E-state index is -0.279. The van der Waals surface area contributed by atoms with Crippen molar-refractivity contribution in [3.63, 3.8) is 0 Å². The van der Waals surface area contributed by atoms with E-state index in [9.17, 15) is 9.59 Å². The first-order chi connectivity index (χ1) is 9.55. The highest BCUT2D eigenvalue weighted by molar-refractivity contribution is 5.83. The number of carbonyl (C=O) groups excluding carboxylic acids is 2. The van der Waals surface area contributed by atoms with Gasteiger partial charge in [-0.1, -0.05) is 0 Å². The number of ether oxygens (including phenoxy) is 1. The molecule has 114 valence electrons. The lowest BCUT2D eigenvalue weighted by Crippen LogP contribution is -2.50. The summed E-state index contributed by atoms with van der Waals surface area (Å²) in [6.07, 6.45) is 2.24. The van der Waals surface area contributed by atoms with E-state index >= 15 is 0 Å². The van der Waals surface area contributed by atoms with Crippen LogP contribution in [-0.2, 0) is 9.53 Å². The van der Waals surface area contributed by atoms with E-state index in [1.54, 1.807) is 11.8 Å². The van der Waals surface area contributed by atoms with Crippen LogP contribution in [0.25, 0.3) is 0 Å². The Labute approximate surface area is 120 Å². The highest BCUT2D eigenvalue weighted by Crippen LogP contribution is 2.25. The Kier molecular flexibility index (Phi) is 4.86. The molecular weight excluding hydrogens is 258 g/mol. The van der Waals surface area contributed by atoms with Gasteiger partial charge in [-0.2, -0.15) is 0 Å². The van der Waals surface area contributed by atoms with Crippen molar-refractivity contribution >= 4 is 12.0 Å². The average Bonchev–Trinajstić information content (AvgIpc) is 2.88. The molecule has 0 bridgehead atoms. The zero-order chi connectivity index (χ0) is 14.6. The summed E-state index contributed by atoms with van der Waals surface area (Å²) < 4.78 is 4.99. The summed E-state index contributed by atoms with van der Waals surface area (Å²) in [6, 6.07) is 0.172. The zero-order valence-electron chi connectivity index (χ0n) is 12.4. The molecule has 2 N–H and O–H groups in total. The second kappa shape index (κ2) is 6.43. The van der Waals surface area contributed by atoms with Crippen LogP contribution in [0.1, 0.15) is 33.1 Å². The Hall–Kier alpha value is -1.30. The number of nitrogens with zero attached hydrogens (tertiary/aromatic N) is 1. The SMILES string of the molecule is CCOC(=O)N1CCC(NC(=O)C2(C)CCNC2)CC1. The van der Waals surface area contributed by atoms with Gasteiger partial charge in [0.05, 0.1) is 12.0 Å². The minimum absolute atomic E-state index is 0.136. The van der Waals surface area contributed by atoms with E-state index in [1.807, 2.05) is 6.92 Å². The van der Waals surface area contributed by atoms with Crippen molar-refractivity contribution in [3.8, 4) is 0 Å². The van der Waals surface area contributed by atoms with Gasteiger partial charge in [0.1, 0.15) is 0 Å². The van der Waals surface area contributed by atoms with Crippen molar-refractivity contribution in [1.29, 1.82) is 0 Å². The molecule has 2 aliphatic rings. The first-order valence-corrected chi connectivity index (χ1v) is 7.48. The fourth-order valence-corrected chi connectivity index (χ4v) is 2.79. The van der Waals surface area contributed by atoms with Crippen molar-refractivity contribution in [2.75, 3.05) is 32.8 Å². The van der Waals surface area contributed by atoms with Crippen molar-refractivity contribution < 1.29 is 14.3 Å². The molecule has 0 aromatic rings. The molecule has 0 aliphatic carbocycles. The van der Waals surface area contributed by atoms with Gasteiger partial charge in [-0.05, 0) is 39.7 Å². The van der Waals surface area contributed by atoms with Gasteiger partial charge in [-0.25, -0.2) is 4.79 Å². The largest absolute Gasteiger partial charge is 0.450 e. The number of amides is 2. The van der Waals surface area contributed by atoms with E-state index < -0.39 is 0 Å². The quantitative estimate of drug-likeness (QED) is 0.801. The number of rotatable bonds is 3. The third-order valence-corrected chi connectivity index (χ3v) is 4.27. The molecule has 1 atom stereocenters. The van der Waals surface area contributed by atoms with Crippen LogP contribution in [0, 0.1) is 5.41 Å². The molecule has 0 saturated carbocycles. The Morgan fingerprint density at radius 3 is 2.65 bits per heavy atom. The molecule has 2 fully saturated rings. The number of likely N-dealkylation sites (tertiary alicyclic amines) is 1. The second-order valence-corrected chi connectivity index (χ2v) is 5.92. The Morgan fingerprint density at radius 1 is 1.40 bits per heavy atom. The third kappa shape index (κ3) is 3.42. The lowest BCUT2D eigenvalue weighted by atomic mass is 9.88. The molecule has 2 saturated heterocycles. The average molecular weight is 283 g/mol. The summed E-state index contributed by atoms with van der Waals surface area (Å²) in [5.41, 5.74) is -0.279. The van der Waals surface area contributed by atoms with Gasteiger partial charge in [0.25, 0.3) is 0 Å². The minimum Gasteiger partial charge on any atom is -0.450 e. The molecule has 0 spiro atoms. The van der Waals surface area contributed by atoms with Gasteiger partial charge in [0.2, 0.25) is 5.91 Å². The van der Waals surface area contributed by atoms with E-state index in [1.165, 1.54) is 0 Å². The predicted molar refractivity (Wildman–Crippen MR) is 75.4 cm³/mol. The highest BCUT2D eigenvalue weighted by atomic mass is 16.6. The van der Waals surface area contributed by atoms with Crippen LogP contribution in [-0.4, -0.2) is 55.7 Å². The van der Waals surface area contributed by atoms with Gasteiger partial charge in [-0.15, -0.1) is 0 Å². The van der Waals surface area contributed by atoms with Crippen LogP contribution >= 0.6 is 0 Å². The van der Waals surface area contributed by atoms with Gasteiger partial charge in [-0.3, -0.25) is 4.79 Å². The van der Waals surface area contributed by atoms with Crippen LogP contribution in [0.4, 0.5) is 4.79 Å². The lowest BCUT2D eigenvalue weighted by molar-refractivity contribution is -0.130. The van der Waals surface area contributed by atoms with E-state index in [0.717, 1.165) is 32.4 Å². The van der Waals surface area contributed by atoms with Crippen LogP contribution < -0.4 is 10.6 Å². The maximum Gasteiger partial charge on any atom is 0.409 e. The van der Waals surface area contributed by atoms with Crippen LogP contribution in [0.3, 0.4) is 0 Å². The van der Waals surface area contributed by atoms with E-state index in [2.05, 4.69) is 10.6 Å². The Bertz CT molecular complexity index is 359. The normalized spacial score (nSPS) is 27.4. The molecule has 2 rings (SSSR count). The monoisotopic (exact) mass is 283 g/mol. The fraction of sp³-hybridized carbons (Fsp3) is 0.857. The van der Waals surface area contributed by atoms with Gasteiger partial charge in [0.15, 0.2) is 0 Å². The summed E-state index contributed by atoms with van der Waals surface area (Å²) in [4.78, 5) is 25.6. The first kappa shape index (κ1) is 15.1. The lowest BCUT2D eigenvalue weighted by Gasteiger charge is -2.33. The van der Waals surface area contributed by atoms with Crippen LogP contribution in [0.15, 0.2) is 0 Å². The first-order valence-electron chi connectivity index (χ1n) is 7.48. The van der Waals surface area contributed by atoms with E-state index in [4.69, 9.17) is 4.74 Å². The van der Waals surface area contributed by atoms with Crippen molar-refractivity contribution in [3.05, 3.63) is 0 Å². The number of nitrogens with one attached hydrogen (secondary N) is 2. The van der Waals surface area contributed by atoms with E-state index in [0.29, 0.717) is 19.7 Å². The molecule has 2 aliphatic heterocycles. The molecule has 0 aromatic heterocycles. The molecule has 2 amide bonds. The van der Waals surface area contributed by atoms with Gasteiger partial charge in [0, 0.05) is 25.7 Å². The van der Waals surface area contributed by atoms with Crippen molar-refractivity contribution in [2.45, 2.75) is 39.2 Å². The number of hydrogen-bond acceptors (Lipinski definition) is 4. The predicted octanol–water partition coefficient (Wildman–Crippen LogP) is 0.723. The summed E-state index contributed by atoms with van der Waals surface area (Å²) in [7, 11) is 0. The fourth-order valence-electron chi connectivity index (χ4n) is 2.79. The summed E-state index contributed by atoms with van der Waals surface area (Å²) >= 11 is 0. The van der Waals surface area contributed by atoms with Crippen molar-refractivity contribution in [2.24, 2.45) is 5.41 Å². The van der Waals surface area contributed by atoms with E-state index in [-0.39, 0.29) is 23.5 Å². The zero-order valence-corrected chi connectivity index (χ0v) is 12.4. The maximum absolute atomic E-state index is 12.3. The summed E-state index contributed by atoms with van der Waals surface area (Å²) in [5.74, 6) is 0.136. The van der Waals surface area contributed by atoms with Crippen molar-refractivity contribution in [1.82, 2.24) is 15.5 Å². The topological polar surface area (TPSA) is 70.7 Å². The number of hydrogen-bond donors (Lipinski definition) is 2. The Balaban J connectivity index is 1.77. The smallest absolute Gasteiger partial charge is 0.409 e. The van der Waals surface area contributed by atoms with Gasteiger partial charge < -0.3 is 20.3 Å². The van der Waals surface area contributed by atoms with Crippen LogP contribution in [0.5, 0.6) is 0 Å². The molecule has 6 nitrogen and oxygen atoms in total. The maximum atomic E-state index is 12.3. The molecule has 6 heteroatoms. The molecule has 0 radical (unpaired) electrons. The number of piperidine rings is 1. The second-order valence-electron chi connectivity index (χ2n) is 5.92.